The van der Waals surface area contributed by atoms with Gasteiger partial charge in [-0.05, 0) is 36.1 Å². The summed E-state index contributed by atoms with van der Waals surface area (Å²) in [7, 11) is 6.00. The van der Waals surface area contributed by atoms with Crippen molar-refractivity contribution in [2.75, 3.05) is 28.4 Å². The maximum absolute atomic E-state index is 10.6. The second-order valence-corrected chi connectivity index (χ2v) is 5.48. The summed E-state index contributed by atoms with van der Waals surface area (Å²) >= 11 is 0. The Labute approximate surface area is 140 Å². The van der Waals surface area contributed by atoms with Crippen LogP contribution in [0.5, 0.6) is 34.5 Å². The van der Waals surface area contributed by atoms with E-state index in [-0.39, 0.29) is 17.2 Å². The van der Waals surface area contributed by atoms with Gasteiger partial charge in [0.1, 0.15) is 0 Å². The van der Waals surface area contributed by atoms with Gasteiger partial charge in [-0.2, -0.15) is 0 Å². The van der Waals surface area contributed by atoms with Crippen molar-refractivity contribution in [2.24, 2.45) is 0 Å². The van der Waals surface area contributed by atoms with Crippen molar-refractivity contribution in [3.8, 4) is 45.6 Å². The van der Waals surface area contributed by atoms with Gasteiger partial charge in [0.05, 0.1) is 28.4 Å². The van der Waals surface area contributed by atoms with E-state index in [0.717, 1.165) is 22.3 Å². The molecule has 0 bridgehead atoms. The second-order valence-electron chi connectivity index (χ2n) is 5.48. The van der Waals surface area contributed by atoms with Gasteiger partial charge in [0, 0.05) is 11.1 Å². The Kier molecular flexibility index (Phi) is 4.05. The van der Waals surface area contributed by atoms with Crippen molar-refractivity contribution in [1.29, 1.82) is 0 Å². The van der Waals surface area contributed by atoms with Gasteiger partial charge in [-0.15, -0.1) is 0 Å². The van der Waals surface area contributed by atoms with Crippen LogP contribution < -0.4 is 18.9 Å². The summed E-state index contributed by atoms with van der Waals surface area (Å²) in [5.41, 5.74) is 3.24. The largest absolute Gasteiger partial charge is 0.504 e. The van der Waals surface area contributed by atoms with Crippen LogP contribution in [0.25, 0.3) is 11.1 Å². The second kappa shape index (κ2) is 6.03. The molecular formula is C18H20O6. The molecule has 0 amide bonds. The molecule has 0 saturated heterocycles. The molecule has 0 heterocycles. The van der Waals surface area contributed by atoms with Crippen molar-refractivity contribution < 1.29 is 29.2 Å². The van der Waals surface area contributed by atoms with E-state index in [1.165, 1.54) is 28.4 Å². The lowest BCUT2D eigenvalue weighted by atomic mass is 9.83. The molecule has 0 atom stereocenters. The molecule has 2 aromatic rings. The molecule has 0 unspecified atom stereocenters. The minimum absolute atomic E-state index is 0.0289. The first-order valence-electron chi connectivity index (χ1n) is 7.51. The van der Waals surface area contributed by atoms with Gasteiger partial charge in [0.25, 0.3) is 0 Å². The topological polar surface area (TPSA) is 77.4 Å². The lowest BCUT2D eigenvalue weighted by Gasteiger charge is -2.26. The number of ether oxygens (including phenoxy) is 4. The van der Waals surface area contributed by atoms with E-state index in [0.29, 0.717) is 30.1 Å². The maximum Gasteiger partial charge on any atom is 0.203 e. The molecule has 6 heteroatoms. The van der Waals surface area contributed by atoms with Crippen LogP contribution in [0.2, 0.25) is 0 Å². The van der Waals surface area contributed by atoms with Crippen LogP contribution in [0.4, 0.5) is 0 Å². The third kappa shape index (κ3) is 2.18. The predicted molar refractivity (Wildman–Crippen MR) is 88.8 cm³/mol. The van der Waals surface area contributed by atoms with E-state index in [9.17, 15) is 10.2 Å². The van der Waals surface area contributed by atoms with Crippen LogP contribution in [-0.2, 0) is 12.8 Å². The Morgan fingerprint density at radius 3 is 2.04 bits per heavy atom. The zero-order valence-corrected chi connectivity index (χ0v) is 14.1. The van der Waals surface area contributed by atoms with Crippen molar-refractivity contribution in [3.63, 3.8) is 0 Å². The van der Waals surface area contributed by atoms with Crippen LogP contribution in [-0.4, -0.2) is 38.7 Å². The van der Waals surface area contributed by atoms with Crippen LogP contribution in [0.1, 0.15) is 11.1 Å². The molecule has 24 heavy (non-hydrogen) atoms. The Balaban J connectivity index is 2.37. The monoisotopic (exact) mass is 332 g/mol. The first kappa shape index (κ1) is 16.1. The molecule has 2 aromatic carbocycles. The van der Waals surface area contributed by atoms with Gasteiger partial charge in [0.2, 0.25) is 11.5 Å². The molecular weight excluding hydrogens is 312 g/mol. The highest BCUT2D eigenvalue weighted by Gasteiger charge is 2.30. The highest BCUT2D eigenvalue weighted by molar-refractivity contribution is 5.86. The van der Waals surface area contributed by atoms with Crippen molar-refractivity contribution in [1.82, 2.24) is 0 Å². The summed E-state index contributed by atoms with van der Waals surface area (Å²) in [6.07, 6.45) is 1.27. The zero-order valence-electron chi connectivity index (χ0n) is 14.1. The minimum atomic E-state index is 0.0289. The first-order valence-corrected chi connectivity index (χ1v) is 7.51. The molecule has 0 saturated carbocycles. The van der Waals surface area contributed by atoms with Crippen LogP contribution in [0.3, 0.4) is 0 Å². The smallest absolute Gasteiger partial charge is 0.203 e. The number of methoxy groups -OCH3 is 4. The summed E-state index contributed by atoms with van der Waals surface area (Å²) in [4.78, 5) is 0. The minimum Gasteiger partial charge on any atom is -0.504 e. The predicted octanol–water partition coefficient (Wildman–Crippen LogP) is 2.90. The van der Waals surface area contributed by atoms with Gasteiger partial charge in [-0.25, -0.2) is 0 Å². The molecule has 0 aromatic heterocycles. The highest BCUT2D eigenvalue weighted by atomic mass is 16.5. The van der Waals surface area contributed by atoms with Crippen LogP contribution in [0.15, 0.2) is 12.1 Å². The SMILES string of the molecule is COc1cc2c(c(O)c1OC)CCc1cc(O)c(OC)c(OC)c1-2. The van der Waals surface area contributed by atoms with E-state index in [1.54, 1.807) is 6.07 Å². The van der Waals surface area contributed by atoms with Gasteiger partial charge >= 0.3 is 0 Å². The van der Waals surface area contributed by atoms with E-state index in [2.05, 4.69) is 0 Å². The van der Waals surface area contributed by atoms with Gasteiger partial charge in [-0.1, -0.05) is 0 Å². The zero-order chi connectivity index (χ0) is 17.4. The number of aromatic hydroxyl groups is 2. The molecule has 0 aliphatic heterocycles. The molecule has 3 rings (SSSR count). The number of phenolic OH excluding ortho intramolecular Hbond substituents is 2. The third-order valence-electron chi connectivity index (χ3n) is 4.37. The number of phenols is 2. The van der Waals surface area contributed by atoms with Crippen molar-refractivity contribution in [3.05, 3.63) is 23.3 Å². The fourth-order valence-corrected chi connectivity index (χ4v) is 3.31. The summed E-state index contributed by atoms with van der Waals surface area (Å²) in [5.74, 6) is 1.52. The van der Waals surface area contributed by atoms with E-state index >= 15 is 0 Å². The maximum atomic E-state index is 10.6. The Bertz CT molecular complexity index is 797. The quantitative estimate of drug-likeness (QED) is 0.896. The van der Waals surface area contributed by atoms with Crippen LogP contribution >= 0.6 is 0 Å². The number of fused-ring (bicyclic) bond motifs is 3. The summed E-state index contributed by atoms with van der Waals surface area (Å²) < 4.78 is 21.4. The normalized spacial score (nSPS) is 12.2. The summed E-state index contributed by atoms with van der Waals surface area (Å²) in [5, 5.41) is 20.8. The van der Waals surface area contributed by atoms with Crippen LogP contribution in [0, 0.1) is 0 Å². The van der Waals surface area contributed by atoms with E-state index in [4.69, 9.17) is 18.9 Å². The van der Waals surface area contributed by atoms with Gasteiger partial charge in [0.15, 0.2) is 23.0 Å². The molecule has 6 nitrogen and oxygen atoms in total. The Morgan fingerprint density at radius 2 is 1.46 bits per heavy atom. The Hall–Kier alpha value is -2.76. The average molecular weight is 332 g/mol. The number of rotatable bonds is 4. The van der Waals surface area contributed by atoms with E-state index in [1.807, 2.05) is 6.07 Å². The van der Waals surface area contributed by atoms with Crippen molar-refractivity contribution >= 4 is 0 Å². The molecule has 0 spiro atoms. The van der Waals surface area contributed by atoms with Gasteiger partial charge < -0.3 is 29.2 Å². The number of benzene rings is 2. The molecule has 128 valence electrons. The number of hydrogen-bond acceptors (Lipinski definition) is 6. The molecule has 1 aliphatic rings. The molecule has 0 radical (unpaired) electrons. The molecule has 2 N–H and O–H groups in total. The van der Waals surface area contributed by atoms with Crippen molar-refractivity contribution in [2.45, 2.75) is 12.8 Å². The highest BCUT2D eigenvalue weighted by Crippen LogP contribution is 2.53. The lowest BCUT2D eigenvalue weighted by Crippen LogP contribution is -2.08. The third-order valence-corrected chi connectivity index (χ3v) is 4.37. The fraction of sp³-hybridized carbons (Fsp3) is 0.333. The number of hydrogen-bond donors (Lipinski definition) is 2. The summed E-state index contributed by atoms with van der Waals surface area (Å²) in [6, 6.07) is 3.48. The molecule has 1 aliphatic carbocycles. The van der Waals surface area contributed by atoms with Gasteiger partial charge in [-0.3, -0.25) is 0 Å². The lowest BCUT2D eigenvalue weighted by molar-refractivity contribution is 0.329. The standard InChI is InChI=1S/C18H20O6/c1-21-13-8-11-10(15(20)17(13)23-3)6-5-9-7-12(19)16(22-2)18(24-4)14(9)11/h7-8,19-20H,5-6H2,1-4H3. The average Bonchev–Trinajstić information content (AvgIpc) is 2.59. The summed E-state index contributed by atoms with van der Waals surface area (Å²) in [6.45, 7) is 0. The molecule has 0 fully saturated rings. The van der Waals surface area contributed by atoms with E-state index < -0.39 is 0 Å². The number of aryl methyl sites for hydroxylation is 1. The first-order chi connectivity index (χ1) is 11.6. The Morgan fingerprint density at radius 1 is 0.792 bits per heavy atom. The fourth-order valence-electron chi connectivity index (χ4n) is 3.31.